The lowest BCUT2D eigenvalue weighted by atomic mass is 10.0. The molecule has 0 unspecified atom stereocenters. The third kappa shape index (κ3) is 2.76. The molecule has 1 saturated heterocycles. The number of nitrogens with zero attached hydrogens (tertiary/aromatic N) is 1. The molecule has 1 heterocycles. The van der Waals surface area contributed by atoms with Crippen LogP contribution in [0.1, 0.15) is 25.5 Å². The predicted octanol–water partition coefficient (Wildman–Crippen LogP) is 1.76. The third-order valence-electron chi connectivity index (χ3n) is 3.48. The second-order valence-corrected chi connectivity index (χ2v) is 4.59. The van der Waals surface area contributed by atoms with Crippen molar-refractivity contribution in [2.45, 2.75) is 19.9 Å². The van der Waals surface area contributed by atoms with E-state index in [-0.39, 0.29) is 11.8 Å². The zero-order chi connectivity index (χ0) is 13.0. The summed E-state index contributed by atoms with van der Waals surface area (Å²) in [5.74, 6) is 0.863. The van der Waals surface area contributed by atoms with Gasteiger partial charge in [-0.05, 0) is 19.9 Å². The van der Waals surface area contributed by atoms with Gasteiger partial charge in [-0.3, -0.25) is 4.90 Å². The normalized spacial score (nSPS) is 18.6. The minimum absolute atomic E-state index is 0.215. The number of aromatic hydroxyl groups is 1. The van der Waals surface area contributed by atoms with Crippen LogP contribution in [-0.4, -0.2) is 42.8 Å². The topological polar surface area (TPSA) is 44.7 Å². The van der Waals surface area contributed by atoms with Gasteiger partial charge in [0.05, 0.1) is 6.61 Å². The van der Waals surface area contributed by atoms with Crippen molar-refractivity contribution in [3.63, 3.8) is 0 Å². The highest BCUT2D eigenvalue weighted by Crippen LogP contribution is 2.35. The number of rotatable bonds is 4. The molecule has 0 aliphatic carbocycles. The highest BCUT2D eigenvalue weighted by atomic mass is 16.5. The van der Waals surface area contributed by atoms with Gasteiger partial charge in [0.15, 0.2) is 11.5 Å². The fourth-order valence-corrected chi connectivity index (χ4v) is 2.41. The van der Waals surface area contributed by atoms with Gasteiger partial charge in [-0.15, -0.1) is 0 Å². The summed E-state index contributed by atoms with van der Waals surface area (Å²) in [7, 11) is 0. The maximum absolute atomic E-state index is 10.3. The van der Waals surface area contributed by atoms with E-state index in [1.54, 1.807) is 0 Å². The van der Waals surface area contributed by atoms with E-state index in [1.165, 1.54) is 0 Å². The number of hydrogen-bond acceptors (Lipinski definition) is 4. The molecular formula is C14H22N2O2. The van der Waals surface area contributed by atoms with Crippen molar-refractivity contribution >= 4 is 0 Å². The van der Waals surface area contributed by atoms with Crippen LogP contribution in [0.4, 0.5) is 0 Å². The number of phenols is 1. The lowest BCUT2D eigenvalue weighted by molar-refractivity contribution is 0.182. The van der Waals surface area contributed by atoms with E-state index >= 15 is 0 Å². The van der Waals surface area contributed by atoms with E-state index < -0.39 is 0 Å². The maximum Gasteiger partial charge on any atom is 0.162 e. The first-order valence-corrected chi connectivity index (χ1v) is 6.63. The first-order chi connectivity index (χ1) is 8.74. The van der Waals surface area contributed by atoms with Crippen molar-refractivity contribution < 1.29 is 9.84 Å². The van der Waals surface area contributed by atoms with Gasteiger partial charge in [0, 0.05) is 37.8 Å². The van der Waals surface area contributed by atoms with Gasteiger partial charge in [-0.1, -0.05) is 12.1 Å². The van der Waals surface area contributed by atoms with Crippen LogP contribution in [0.25, 0.3) is 0 Å². The Balaban J connectivity index is 2.18. The Bertz CT molecular complexity index is 389. The average Bonchev–Trinajstić information content (AvgIpc) is 2.42. The Kier molecular flexibility index (Phi) is 4.44. The van der Waals surface area contributed by atoms with Gasteiger partial charge in [-0.25, -0.2) is 0 Å². The Morgan fingerprint density at radius 2 is 2.11 bits per heavy atom. The fraction of sp³-hybridized carbons (Fsp3) is 0.571. The first kappa shape index (κ1) is 13.2. The summed E-state index contributed by atoms with van der Waals surface area (Å²) in [5.41, 5.74) is 0.947. The van der Waals surface area contributed by atoms with Crippen LogP contribution in [0.15, 0.2) is 18.2 Å². The molecule has 0 amide bonds. The van der Waals surface area contributed by atoms with Crippen LogP contribution in [0, 0.1) is 0 Å². The van der Waals surface area contributed by atoms with Crippen molar-refractivity contribution in [2.75, 3.05) is 32.8 Å². The summed E-state index contributed by atoms with van der Waals surface area (Å²) in [6.07, 6.45) is 0. The molecule has 1 aromatic rings. The number of phenolic OH excluding ortho intramolecular Hbond substituents is 1. The smallest absolute Gasteiger partial charge is 0.162 e. The van der Waals surface area contributed by atoms with Gasteiger partial charge in [-0.2, -0.15) is 0 Å². The zero-order valence-corrected chi connectivity index (χ0v) is 11.1. The van der Waals surface area contributed by atoms with Crippen molar-refractivity contribution in [3.05, 3.63) is 23.8 Å². The van der Waals surface area contributed by atoms with Gasteiger partial charge in [0.25, 0.3) is 0 Å². The second kappa shape index (κ2) is 6.07. The molecule has 4 nitrogen and oxygen atoms in total. The monoisotopic (exact) mass is 250 g/mol. The standard InChI is InChI=1S/C14H22N2O2/c1-3-18-13-6-4-5-12(14(13)17)11(2)16-9-7-15-8-10-16/h4-6,11,15,17H,3,7-10H2,1-2H3/t11-/m1/s1. The number of hydrogen-bond donors (Lipinski definition) is 2. The molecular weight excluding hydrogens is 228 g/mol. The highest BCUT2D eigenvalue weighted by molar-refractivity contribution is 5.46. The second-order valence-electron chi connectivity index (χ2n) is 4.59. The van der Waals surface area contributed by atoms with Crippen LogP contribution < -0.4 is 10.1 Å². The minimum atomic E-state index is 0.215. The molecule has 18 heavy (non-hydrogen) atoms. The van der Waals surface area contributed by atoms with Gasteiger partial charge < -0.3 is 15.2 Å². The molecule has 0 spiro atoms. The molecule has 2 N–H and O–H groups in total. The van der Waals surface area contributed by atoms with Crippen LogP contribution in [0.3, 0.4) is 0 Å². The van der Waals surface area contributed by atoms with E-state index in [0.29, 0.717) is 12.4 Å². The molecule has 1 aromatic carbocycles. The largest absolute Gasteiger partial charge is 0.504 e. The van der Waals surface area contributed by atoms with Crippen molar-refractivity contribution in [2.24, 2.45) is 0 Å². The Hall–Kier alpha value is -1.26. The predicted molar refractivity (Wildman–Crippen MR) is 72.1 cm³/mol. The van der Waals surface area contributed by atoms with Crippen LogP contribution in [0.2, 0.25) is 0 Å². The lowest BCUT2D eigenvalue weighted by Crippen LogP contribution is -2.44. The molecule has 100 valence electrons. The Labute approximate surface area is 109 Å². The minimum Gasteiger partial charge on any atom is -0.504 e. The Morgan fingerprint density at radius 1 is 1.39 bits per heavy atom. The number of nitrogens with one attached hydrogen (secondary N) is 1. The van der Waals surface area contributed by atoms with E-state index in [0.717, 1.165) is 31.7 Å². The number of piperazine rings is 1. The van der Waals surface area contributed by atoms with Crippen LogP contribution in [0.5, 0.6) is 11.5 Å². The van der Waals surface area contributed by atoms with Crippen LogP contribution in [-0.2, 0) is 0 Å². The quantitative estimate of drug-likeness (QED) is 0.854. The lowest BCUT2D eigenvalue weighted by Gasteiger charge is -2.33. The molecule has 0 saturated carbocycles. The van der Waals surface area contributed by atoms with E-state index in [1.807, 2.05) is 25.1 Å². The molecule has 1 fully saturated rings. The summed E-state index contributed by atoms with van der Waals surface area (Å²) >= 11 is 0. The summed E-state index contributed by atoms with van der Waals surface area (Å²) in [5, 5.41) is 13.6. The molecule has 0 aromatic heterocycles. The molecule has 0 radical (unpaired) electrons. The van der Waals surface area contributed by atoms with Crippen LogP contribution >= 0.6 is 0 Å². The highest BCUT2D eigenvalue weighted by Gasteiger charge is 2.21. The summed E-state index contributed by atoms with van der Waals surface area (Å²) in [4.78, 5) is 2.38. The molecule has 1 aliphatic rings. The third-order valence-corrected chi connectivity index (χ3v) is 3.48. The number of ether oxygens (including phenoxy) is 1. The zero-order valence-electron chi connectivity index (χ0n) is 11.1. The molecule has 2 rings (SSSR count). The van der Waals surface area contributed by atoms with Gasteiger partial charge in [0.2, 0.25) is 0 Å². The number of benzene rings is 1. The average molecular weight is 250 g/mol. The number of para-hydroxylation sites is 1. The fourth-order valence-electron chi connectivity index (χ4n) is 2.41. The summed E-state index contributed by atoms with van der Waals surface area (Å²) in [6.45, 7) is 8.67. The Morgan fingerprint density at radius 3 is 2.78 bits per heavy atom. The SMILES string of the molecule is CCOc1cccc([C@@H](C)N2CCNCC2)c1O. The van der Waals surface area contributed by atoms with Gasteiger partial charge >= 0.3 is 0 Å². The molecule has 1 atom stereocenters. The molecule has 1 aliphatic heterocycles. The van der Waals surface area contributed by atoms with Crippen molar-refractivity contribution in [1.29, 1.82) is 0 Å². The van der Waals surface area contributed by atoms with Crippen molar-refractivity contribution in [1.82, 2.24) is 10.2 Å². The molecule has 0 bridgehead atoms. The molecule has 4 heteroatoms. The summed E-state index contributed by atoms with van der Waals surface area (Å²) in [6, 6.07) is 5.95. The summed E-state index contributed by atoms with van der Waals surface area (Å²) < 4.78 is 5.43. The first-order valence-electron chi connectivity index (χ1n) is 6.63. The van der Waals surface area contributed by atoms with Crippen molar-refractivity contribution in [3.8, 4) is 11.5 Å². The maximum atomic E-state index is 10.3. The van der Waals surface area contributed by atoms with E-state index in [9.17, 15) is 5.11 Å². The van der Waals surface area contributed by atoms with Gasteiger partial charge in [0.1, 0.15) is 0 Å². The van der Waals surface area contributed by atoms with E-state index in [4.69, 9.17) is 4.74 Å². The van der Waals surface area contributed by atoms with E-state index in [2.05, 4.69) is 17.1 Å².